The molecule has 0 saturated carbocycles. The van der Waals surface area contributed by atoms with Crippen LogP contribution in [-0.2, 0) is 11.3 Å². The van der Waals surface area contributed by atoms with Crippen molar-refractivity contribution in [1.82, 2.24) is 4.57 Å². The van der Waals surface area contributed by atoms with Gasteiger partial charge >= 0.3 is 0 Å². The lowest BCUT2D eigenvalue weighted by molar-refractivity contribution is 0.0610. The molecule has 78 valence electrons. The predicted octanol–water partition coefficient (Wildman–Crippen LogP) is 1.76. The first-order chi connectivity index (χ1) is 6.75. The number of nitrogens with zero attached hydrogens (tertiary/aromatic N) is 1. The van der Waals surface area contributed by atoms with Crippen LogP contribution in [0.3, 0.4) is 0 Å². The summed E-state index contributed by atoms with van der Waals surface area (Å²) in [6, 6.07) is 0. The molecular formula is C10H16N2OS. The summed E-state index contributed by atoms with van der Waals surface area (Å²) < 4.78 is 7.38. The van der Waals surface area contributed by atoms with Gasteiger partial charge < -0.3 is 9.30 Å². The van der Waals surface area contributed by atoms with E-state index in [1.807, 2.05) is 0 Å². The average Bonchev–Trinajstić information content (AvgIpc) is 2.47. The predicted molar refractivity (Wildman–Crippen MR) is 56.4 cm³/mol. The Labute approximate surface area is 87.8 Å². The first kappa shape index (κ1) is 9.93. The number of thiazole rings is 1. The van der Waals surface area contributed by atoms with Gasteiger partial charge in [0.15, 0.2) is 4.80 Å². The smallest absolute Gasteiger partial charge is 0.182 e. The van der Waals surface area contributed by atoms with Gasteiger partial charge in [0, 0.05) is 30.8 Å². The number of aromatic nitrogens is 1. The quantitative estimate of drug-likeness (QED) is 0.797. The molecule has 0 unspecified atom stereocenters. The SMILES string of the molecule is Cc1cn(CC2CCOCC2)c(=N)s1. The second kappa shape index (κ2) is 4.28. The van der Waals surface area contributed by atoms with Gasteiger partial charge in [-0.25, -0.2) is 0 Å². The molecule has 0 spiro atoms. The first-order valence-corrected chi connectivity index (χ1v) is 5.86. The van der Waals surface area contributed by atoms with E-state index in [2.05, 4.69) is 17.7 Å². The minimum absolute atomic E-state index is 0.675. The van der Waals surface area contributed by atoms with E-state index in [1.54, 1.807) is 11.3 Å². The molecule has 1 saturated heterocycles. The molecule has 0 radical (unpaired) electrons. The molecule has 1 aliphatic rings. The lowest BCUT2D eigenvalue weighted by atomic mass is 10.0. The third-order valence-electron chi connectivity index (χ3n) is 2.65. The van der Waals surface area contributed by atoms with Crippen molar-refractivity contribution >= 4 is 11.3 Å². The lowest BCUT2D eigenvalue weighted by Crippen LogP contribution is -2.24. The molecule has 1 fully saturated rings. The molecule has 0 aliphatic carbocycles. The van der Waals surface area contributed by atoms with Crippen molar-refractivity contribution < 1.29 is 4.74 Å². The van der Waals surface area contributed by atoms with Crippen molar-refractivity contribution in [3.63, 3.8) is 0 Å². The Bertz CT molecular complexity index is 349. The van der Waals surface area contributed by atoms with Gasteiger partial charge in [0.05, 0.1) is 0 Å². The van der Waals surface area contributed by atoms with Gasteiger partial charge in [-0.2, -0.15) is 0 Å². The minimum atomic E-state index is 0.675. The van der Waals surface area contributed by atoms with Crippen LogP contribution in [0.2, 0.25) is 0 Å². The Morgan fingerprint density at radius 3 is 2.86 bits per heavy atom. The highest BCUT2D eigenvalue weighted by atomic mass is 32.1. The Balaban J connectivity index is 2.02. The third kappa shape index (κ3) is 2.25. The molecule has 14 heavy (non-hydrogen) atoms. The maximum absolute atomic E-state index is 7.76. The van der Waals surface area contributed by atoms with Crippen LogP contribution in [-0.4, -0.2) is 17.8 Å². The van der Waals surface area contributed by atoms with Crippen molar-refractivity contribution in [1.29, 1.82) is 5.41 Å². The standard InChI is InChI=1S/C10H16N2OS/c1-8-6-12(10(11)14-8)7-9-2-4-13-5-3-9/h6,9,11H,2-5,7H2,1H3. The summed E-state index contributed by atoms with van der Waals surface area (Å²) in [4.78, 5) is 1.90. The number of aryl methyl sites for hydroxylation is 1. The Morgan fingerprint density at radius 2 is 2.29 bits per heavy atom. The molecule has 2 heterocycles. The average molecular weight is 212 g/mol. The molecule has 4 heteroatoms. The molecule has 2 rings (SSSR count). The number of rotatable bonds is 2. The molecule has 0 aromatic carbocycles. The fraction of sp³-hybridized carbons (Fsp3) is 0.700. The van der Waals surface area contributed by atoms with Crippen LogP contribution in [0.5, 0.6) is 0 Å². The van der Waals surface area contributed by atoms with Gasteiger partial charge in [-0.1, -0.05) is 0 Å². The van der Waals surface area contributed by atoms with Crippen molar-refractivity contribution in [3.8, 4) is 0 Å². The van der Waals surface area contributed by atoms with Gasteiger partial charge in [0.25, 0.3) is 0 Å². The molecule has 1 N–H and O–H groups in total. The molecule has 3 nitrogen and oxygen atoms in total. The summed E-state index contributed by atoms with van der Waals surface area (Å²) in [7, 11) is 0. The van der Waals surface area contributed by atoms with E-state index >= 15 is 0 Å². The van der Waals surface area contributed by atoms with Gasteiger partial charge in [0.1, 0.15) is 0 Å². The van der Waals surface area contributed by atoms with E-state index in [9.17, 15) is 0 Å². The summed E-state index contributed by atoms with van der Waals surface area (Å²) >= 11 is 1.56. The van der Waals surface area contributed by atoms with E-state index in [-0.39, 0.29) is 0 Å². The number of hydrogen-bond acceptors (Lipinski definition) is 3. The van der Waals surface area contributed by atoms with E-state index in [0.29, 0.717) is 10.7 Å². The number of hydrogen-bond donors (Lipinski definition) is 1. The molecule has 0 bridgehead atoms. The third-order valence-corrected chi connectivity index (χ3v) is 3.51. The van der Waals surface area contributed by atoms with Crippen LogP contribution in [0.1, 0.15) is 17.7 Å². The van der Waals surface area contributed by atoms with E-state index < -0.39 is 0 Å². The van der Waals surface area contributed by atoms with Gasteiger partial charge in [0.2, 0.25) is 0 Å². The normalized spacial score (nSPS) is 18.6. The maximum Gasteiger partial charge on any atom is 0.182 e. The summed E-state index contributed by atoms with van der Waals surface area (Å²) in [5, 5.41) is 7.76. The van der Waals surface area contributed by atoms with Crippen LogP contribution in [0, 0.1) is 18.3 Å². The molecular weight excluding hydrogens is 196 g/mol. The number of nitrogens with one attached hydrogen (secondary N) is 1. The minimum Gasteiger partial charge on any atom is -0.381 e. The van der Waals surface area contributed by atoms with Crippen LogP contribution in [0.25, 0.3) is 0 Å². The molecule has 0 amide bonds. The number of ether oxygens (including phenoxy) is 1. The Hall–Kier alpha value is -0.610. The topological polar surface area (TPSA) is 38.0 Å². The van der Waals surface area contributed by atoms with E-state index in [1.165, 1.54) is 4.88 Å². The summed E-state index contributed by atoms with van der Waals surface area (Å²) in [6.07, 6.45) is 4.37. The molecule has 1 aromatic heterocycles. The second-order valence-corrected chi connectivity index (χ2v) is 5.09. The highest BCUT2D eigenvalue weighted by molar-refractivity contribution is 7.09. The zero-order valence-electron chi connectivity index (χ0n) is 8.45. The van der Waals surface area contributed by atoms with E-state index in [4.69, 9.17) is 10.1 Å². The fourth-order valence-corrected chi connectivity index (χ4v) is 2.59. The van der Waals surface area contributed by atoms with E-state index in [0.717, 1.165) is 32.6 Å². The summed E-state index contributed by atoms with van der Waals surface area (Å²) in [5.74, 6) is 0.701. The summed E-state index contributed by atoms with van der Waals surface area (Å²) in [6.45, 7) is 4.83. The van der Waals surface area contributed by atoms with Crippen LogP contribution >= 0.6 is 11.3 Å². The van der Waals surface area contributed by atoms with Crippen molar-refractivity contribution in [3.05, 3.63) is 15.9 Å². The van der Waals surface area contributed by atoms with Gasteiger partial charge in [-0.3, -0.25) is 5.41 Å². The zero-order chi connectivity index (χ0) is 9.97. The van der Waals surface area contributed by atoms with Crippen molar-refractivity contribution in [2.24, 2.45) is 5.92 Å². The monoisotopic (exact) mass is 212 g/mol. The highest BCUT2D eigenvalue weighted by Crippen LogP contribution is 2.16. The zero-order valence-corrected chi connectivity index (χ0v) is 9.27. The molecule has 1 aliphatic heterocycles. The Morgan fingerprint density at radius 1 is 1.57 bits per heavy atom. The van der Waals surface area contributed by atoms with Gasteiger partial charge in [-0.05, 0) is 25.7 Å². The molecule has 0 atom stereocenters. The van der Waals surface area contributed by atoms with Crippen LogP contribution in [0.15, 0.2) is 6.20 Å². The van der Waals surface area contributed by atoms with Crippen molar-refractivity contribution in [2.45, 2.75) is 26.3 Å². The first-order valence-electron chi connectivity index (χ1n) is 5.05. The van der Waals surface area contributed by atoms with Crippen LogP contribution < -0.4 is 4.80 Å². The maximum atomic E-state index is 7.76. The van der Waals surface area contributed by atoms with Crippen LogP contribution in [0.4, 0.5) is 0 Å². The Kier molecular flexibility index (Phi) is 3.03. The second-order valence-electron chi connectivity index (χ2n) is 3.86. The van der Waals surface area contributed by atoms with Gasteiger partial charge in [-0.15, -0.1) is 11.3 Å². The fourth-order valence-electron chi connectivity index (χ4n) is 1.86. The molecule has 1 aromatic rings. The highest BCUT2D eigenvalue weighted by Gasteiger charge is 2.14. The van der Waals surface area contributed by atoms with Crippen molar-refractivity contribution in [2.75, 3.05) is 13.2 Å². The summed E-state index contributed by atoms with van der Waals surface area (Å²) in [5.41, 5.74) is 0. The largest absolute Gasteiger partial charge is 0.381 e. The lowest BCUT2D eigenvalue weighted by Gasteiger charge is -2.22.